The summed E-state index contributed by atoms with van der Waals surface area (Å²) in [5.41, 5.74) is 1.59. The van der Waals surface area contributed by atoms with Crippen molar-refractivity contribution in [1.82, 2.24) is 4.98 Å². The molecule has 4 aromatic carbocycles. The number of fused-ring (bicyclic) bond motifs is 4. The van der Waals surface area contributed by atoms with E-state index in [0.717, 1.165) is 16.2 Å². The molecule has 31 heavy (non-hydrogen) atoms. The predicted molar refractivity (Wildman–Crippen MR) is 121 cm³/mol. The first kappa shape index (κ1) is 19.6. The number of hydrogen-bond acceptors (Lipinski definition) is 1. The van der Waals surface area contributed by atoms with Crippen LogP contribution in [0.3, 0.4) is 0 Å². The molecule has 5 rings (SSSR count). The molecule has 0 saturated carbocycles. The highest BCUT2D eigenvalue weighted by Gasteiger charge is 2.34. The van der Waals surface area contributed by atoms with Gasteiger partial charge in [-0.15, -0.1) is 0 Å². The summed E-state index contributed by atoms with van der Waals surface area (Å²) in [5.74, 6) is 0.367. The highest BCUT2D eigenvalue weighted by atomic mass is 19.4. The van der Waals surface area contributed by atoms with Crippen LogP contribution in [-0.2, 0) is 6.18 Å². The molecule has 4 heteroatoms. The van der Waals surface area contributed by atoms with Crippen molar-refractivity contribution in [2.24, 2.45) is 0 Å². The van der Waals surface area contributed by atoms with Crippen LogP contribution in [0.25, 0.3) is 43.6 Å². The zero-order chi connectivity index (χ0) is 21.8. The average Bonchev–Trinajstić information content (AvgIpc) is 2.76. The Hall–Kier alpha value is -3.40. The monoisotopic (exact) mass is 415 g/mol. The number of rotatable bonds is 2. The fraction of sp³-hybridized carbons (Fsp3) is 0.148. The van der Waals surface area contributed by atoms with Crippen LogP contribution in [0.2, 0.25) is 0 Å². The van der Waals surface area contributed by atoms with Crippen LogP contribution in [0.15, 0.2) is 79.0 Å². The number of benzene rings is 4. The van der Waals surface area contributed by atoms with Crippen LogP contribution in [-0.4, -0.2) is 4.98 Å². The minimum atomic E-state index is -4.48. The standard InChI is InChI=1S/C27H20F3N/c1-16(2)18-9-10-23-19(13-18)11-12-31-26(23)21-14-20-8-7-17-5-3-4-6-22(17)25(20)24(15-21)27(28,29)30/h3-16H,1-2H3. The molecule has 0 saturated heterocycles. The van der Waals surface area contributed by atoms with Crippen molar-refractivity contribution in [3.63, 3.8) is 0 Å². The number of aromatic nitrogens is 1. The Morgan fingerprint density at radius 1 is 0.742 bits per heavy atom. The van der Waals surface area contributed by atoms with E-state index in [2.05, 4.69) is 24.9 Å². The second kappa shape index (κ2) is 7.09. The topological polar surface area (TPSA) is 12.9 Å². The van der Waals surface area contributed by atoms with Crippen molar-refractivity contribution in [2.45, 2.75) is 25.9 Å². The highest BCUT2D eigenvalue weighted by Crippen LogP contribution is 2.41. The van der Waals surface area contributed by atoms with Crippen molar-refractivity contribution in [3.05, 3.63) is 90.1 Å². The summed E-state index contributed by atoms with van der Waals surface area (Å²) in [5, 5.41) is 4.01. The third-order valence-corrected chi connectivity index (χ3v) is 5.88. The number of pyridine rings is 1. The zero-order valence-electron chi connectivity index (χ0n) is 17.2. The maximum absolute atomic E-state index is 14.2. The molecule has 0 radical (unpaired) electrons. The normalized spacial score (nSPS) is 12.3. The van der Waals surface area contributed by atoms with Gasteiger partial charge in [0.1, 0.15) is 0 Å². The van der Waals surface area contributed by atoms with Gasteiger partial charge in [0.25, 0.3) is 0 Å². The van der Waals surface area contributed by atoms with Gasteiger partial charge in [-0.05, 0) is 51.2 Å². The molecule has 0 aliphatic rings. The second-order valence-corrected chi connectivity index (χ2v) is 8.20. The van der Waals surface area contributed by atoms with E-state index in [1.807, 2.05) is 42.5 Å². The van der Waals surface area contributed by atoms with Gasteiger partial charge in [-0.2, -0.15) is 13.2 Å². The Balaban J connectivity index is 1.83. The lowest BCUT2D eigenvalue weighted by Crippen LogP contribution is -2.07. The van der Waals surface area contributed by atoms with Crippen LogP contribution in [0, 0.1) is 0 Å². The van der Waals surface area contributed by atoms with E-state index in [9.17, 15) is 13.2 Å². The molecule has 0 atom stereocenters. The third-order valence-electron chi connectivity index (χ3n) is 5.88. The first-order valence-electron chi connectivity index (χ1n) is 10.2. The van der Waals surface area contributed by atoms with Gasteiger partial charge in [-0.1, -0.05) is 68.4 Å². The Bertz CT molecular complexity index is 1450. The Labute approximate surface area is 178 Å². The lowest BCUT2D eigenvalue weighted by Gasteiger charge is -2.16. The summed E-state index contributed by atoms with van der Waals surface area (Å²) in [4.78, 5) is 4.48. The van der Waals surface area contributed by atoms with Gasteiger partial charge in [0.05, 0.1) is 11.3 Å². The first-order chi connectivity index (χ1) is 14.8. The summed E-state index contributed by atoms with van der Waals surface area (Å²) < 4.78 is 42.5. The largest absolute Gasteiger partial charge is 0.417 e. The number of halogens is 3. The van der Waals surface area contributed by atoms with Crippen LogP contribution in [0.1, 0.15) is 30.9 Å². The summed E-state index contributed by atoms with van der Waals surface area (Å²) >= 11 is 0. The van der Waals surface area contributed by atoms with Crippen LogP contribution >= 0.6 is 0 Å². The van der Waals surface area contributed by atoms with Gasteiger partial charge in [0, 0.05) is 22.5 Å². The van der Waals surface area contributed by atoms with E-state index in [4.69, 9.17) is 0 Å². The van der Waals surface area contributed by atoms with Crippen molar-refractivity contribution in [3.8, 4) is 11.3 Å². The van der Waals surface area contributed by atoms with Gasteiger partial charge >= 0.3 is 6.18 Å². The first-order valence-corrected chi connectivity index (χ1v) is 10.2. The van der Waals surface area contributed by atoms with E-state index >= 15 is 0 Å². The van der Waals surface area contributed by atoms with Crippen LogP contribution < -0.4 is 0 Å². The van der Waals surface area contributed by atoms with Crippen molar-refractivity contribution in [2.75, 3.05) is 0 Å². The zero-order valence-corrected chi connectivity index (χ0v) is 17.2. The van der Waals surface area contributed by atoms with Gasteiger partial charge in [0.15, 0.2) is 0 Å². The van der Waals surface area contributed by atoms with E-state index in [1.54, 1.807) is 24.4 Å². The third kappa shape index (κ3) is 3.32. The molecule has 1 heterocycles. The summed E-state index contributed by atoms with van der Waals surface area (Å²) in [6.07, 6.45) is -2.81. The molecule has 1 aromatic heterocycles. The number of hydrogen-bond donors (Lipinski definition) is 0. The number of alkyl halides is 3. The molecule has 1 nitrogen and oxygen atoms in total. The summed E-state index contributed by atoms with van der Waals surface area (Å²) in [7, 11) is 0. The van der Waals surface area contributed by atoms with E-state index in [1.165, 1.54) is 11.6 Å². The highest BCUT2D eigenvalue weighted by molar-refractivity contribution is 6.11. The van der Waals surface area contributed by atoms with Gasteiger partial charge < -0.3 is 0 Å². The lowest BCUT2D eigenvalue weighted by molar-refractivity contribution is -0.136. The Kier molecular flexibility index (Phi) is 4.47. The molecule has 0 aliphatic heterocycles. The van der Waals surface area contributed by atoms with E-state index < -0.39 is 11.7 Å². The van der Waals surface area contributed by atoms with Crippen molar-refractivity contribution in [1.29, 1.82) is 0 Å². The molecule has 0 N–H and O–H groups in total. The summed E-state index contributed by atoms with van der Waals surface area (Å²) in [6.45, 7) is 4.24. The maximum Gasteiger partial charge on any atom is 0.417 e. The predicted octanol–water partition coefficient (Wildman–Crippen LogP) is 8.35. The van der Waals surface area contributed by atoms with E-state index in [0.29, 0.717) is 27.9 Å². The smallest absolute Gasteiger partial charge is 0.256 e. The minimum absolute atomic E-state index is 0.233. The van der Waals surface area contributed by atoms with Crippen molar-refractivity contribution >= 4 is 32.3 Å². The van der Waals surface area contributed by atoms with Crippen molar-refractivity contribution < 1.29 is 13.2 Å². The fourth-order valence-corrected chi connectivity index (χ4v) is 4.29. The molecule has 0 bridgehead atoms. The molecule has 5 aromatic rings. The Morgan fingerprint density at radius 2 is 1.52 bits per heavy atom. The molecule has 154 valence electrons. The van der Waals surface area contributed by atoms with Crippen LogP contribution in [0.4, 0.5) is 13.2 Å². The lowest BCUT2D eigenvalue weighted by atomic mass is 9.92. The molecule has 0 fully saturated rings. The minimum Gasteiger partial charge on any atom is -0.256 e. The van der Waals surface area contributed by atoms with Gasteiger partial charge in [-0.25, -0.2) is 0 Å². The molecule has 0 spiro atoms. The van der Waals surface area contributed by atoms with Gasteiger partial charge in [0.2, 0.25) is 0 Å². The summed E-state index contributed by atoms with van der Waals surface area (Å²) in [6, 6.07) is 21.9. The van der Waals surface area contributed by atoms with Gasteiger partial charge in [-0.3, -0.25) is 4.98 Å². The quantitative estimate of drug-likeness (QED) is 0.264. The molecular formula is C27H20F3N. The fourth-order valence-electron chi connectivity index (χ4n) is 4.29. The molecular weight excluding hydrogens is 395 g/mol. The molecule has 0 aliphatic carbocycles. The second-order valence-electron chi connectivity index (χ2n) is 8.20. The van der Waals surface area contributed by atoms with Crippen LogP contribution in [0.5, 0.6) is 0 Å². The van der Waals surface area contributed by atoms with E-state index in [-0.39, 0.29) is 5.39 Å². The molecule has 0 unspecified atom stereocenters. The average molecular weight is 415 g/mol. The molecule has 0 amide bonds. The SMILES string of the molecule is CC(C)c1ccc2c(-c3cc(C(F)(F)F)c4c(ccc5ccccc54)c3)nccc2c1. The number of nitrogens with zero attached hydrogens (tertiary/aromatic N) is 1. The maximum atomic E-state index is 14.2. The Morgan fingerprint density at radius 3 is 2.29 bits per heavy atom.